The number of hydrogen-bond donors (Lipinski definition) is 1. The molecule has 0 bridgehead atoms. The Kier molecular flexibility index (Phi) is 5.87. The van der Waals surface area contributed by atoms with Crippen LogP contribution in [0, 0.1) is 11.6 Å². The molecule has 0 aliphatic heterocycles. The molecule has 0 radical (unpaired) electrons. The maximum atomic E-state index is 13.1. The second-order valence-electron chi connectivity index (χ2n) is 5.05. The van der Waals surface area contributed by atoms with E-state index >= 15 is 0 Å². The molecule has 0 unspecified atom stereocenters. The molecular weight excluding hydrogens is 340 g/mol. The summed E-state index contributed by atoms with van der Waals surface area (Å²) in [5.41, 5.74) is 0.644. The molecule has 0 saturated carbocycles. The van der Waals surface area contributed by atoms with Crippen LogP contribution in [0.5, 0.6) is 0 Å². The summed E-state index contributed by atoms with van der Waals surface area (Å²) in [6.07, 6.45) is -1.25. The van der Waals surface area contributed by atoms with E-state index < -0.39 is 29.6 Å². The maximum absolute atomic E-state index is 13.1. The van der Waals surface area contributed by atoms with Crippen molar-refractivity contribution in [2.24, 2.45) is 0 Å². The van der Waals surface area contributed by atoms with Crippen molar-refractivity contribution in [3.63, 3.8) is 0 Å². The molecule has 0 heterocycles. The van der Waals surface area contributed by atoms with Crippen LogP contribution >= 0.6 is 11.6 Å². The number of amides is 1. The van der Waals surface area contributed by atoms with Crippen LogP contribution in [0.25, 0.3) is 0 Å². The van der Waals surface area contributed by atoms with E-state index in [1.54, 1.807) is 6.07 Å². The molecule has 1 N–H and O–H groups in total. The largest absolute Gasteiger partial charge is 0.452 e. The van der Waals surface area contributed by atoms with Crippen molar-refractivity contribution in [2.75, 3.05) is 5.32 Å². The van der Waals surface area contributed by atoms with Crippen molar-refractivity contribution in [1.82, 2.24) is 0 Å². The number of esters is 1. The quantitative estimate of drug-likeness (QED) is 0.833. The summed E-state index contributed by atoms with van der Waals surface area (Å²) in [4.78, 5) is 23.8. The highest BCUT2D eigenvalue weighted by Gasteiger charge is 2.19. The van der Waals surface area contributed by atoms with Gasteiger partial charge < -0.3 is 10.1 Å². The second-order valence-corrected chi connectivity index (χ2v) is 5.46. The third-order valence-electron chi connectivity index (χ3n) is 3.10. The van der Waals surface area contributed by atoms with Gasteiger partial charge in [-0.3, -0.25) is 9.59 Å². The fourth-order valence-electron chi connectivity index (χ4n) is 1.93. The van der Waals surface area contributed by atoms with Gasteiger partial charge in [0.2, 0.25) is 0 Å². The SMILES string of the molecule is C[C@@H](OC(=O)Cc1cccc(F)c1)C(=O)Nc1ccc(F)cc1Cl. The molecule has 4 nitrogen and oxygen atoms in total. The van der Waals surface area contributed by atoms with Crippen LogP contribution in [-0.2, 0) is 20.7 Å². The summed E-state index contributed by atoms with van der Waals surface area (Å²) in [6, 6.07) is 9.02. The molecule has 7 heteroatoms. The maximum Gasteiger partial charge on any atom is 0.311 e. The molecular formula is C17H14ClF2NO3. The average Bonchev–Trinajstić information content (AvgIpc) is 2.49. The van der Waals surface area contributed by atoms with E-state index in [0.717, 1.165) is 12.1 Å². The summed E-state index contributed by atoms with van der Waals surface area (Å²) in [6.45, 7) is 1.39. The van der Waals surface area contributed by atoms with Gasteiger partial charge >= 0.3 is 5.97 Å². The van der Waals surface area contributed by atoms with Crippen molar-refractivity contribution in [3.05, 3.63) is 64.7 Å². The Hall–Kier alpha value is -2.47. The van der Waals surface area contributed by atoms with Gasteiger partial charge in [-0.1, -0.05) is 23.7 Å². The number of rotatable bonds is 5. The van der Waals surface area contributed by atoms with Crippen LogP contribution in [-0.4, -0.2) is 18.0 Å². The van der Waals surface area contributed by atoms with Crippen LogP contribution in [0.4, 0.5) is 14.5 Å². The van der Waals surface area contributed by atoms with Crippen LogP contribution in [0.1, 0.15) is 12.5 Å². The third kappa shape index (κ3) is 5.03. The highest BCUT2D eigenvalue weighted by atomic mass is 35.5. The molecule has 2 aromatic rings. The van der Waals surface area contributed by atoms with Gasteiger partial charge in [0.05, 0.1) is 17.1 Å². The van der Waals surface area contributed by atoms with E-state index in [2.05, 4.69) is 5.32 Å². The number of benzene rings is 2. The predicted octanol–water partition coefficient (Wildman–Crippen LogP) is 3.73. The van der Waals surface area contributed by atoms with Crippen LogP contribution in [0.15, 0.2) is 42.5 Å². The zero-order chi connectivity index (χ0) is 17.7. The highest BCUT2D eigenvalue weighted by molar-refractivity contribution is 6.33. The fraction of sp³-hybridized carbons (Fsp3) is 0.176. The Balaban J connectivity index is 1.92. The third-order valence-corrected chi connectivity index (χ3v) is 3.42. The molecule has 2 aromatic carbocycles. The monoisotopic (exact) mass is 353 g/mol. The second kappa shape index (κ2) is 7.88. The van der Waals surface area contributed by atoms with Gasteiger partial charge in [0.25, 0.3) is 5.91 Å². The zero-order valence-corrected chi connectivity index (χ0v) is 13.4. The first kappa shape index (κ1) is 17.9. The molecule has 0 aromatic heterocycles. The summed E-state index contributed by atoms with van der Waals surface area (Å²) in [5, 5.41) is 2.47. The molecule has 1 atom stereocenters. The molecule has 126 valence electrons. The molecule has 0 saturated heterocycles. The summed E-state index contributed by atoms with van der Waals surface area (Å²) >= 11 is 5.81. The Morgan fingerprint density at radius 1 is 1.17 bits per heavy atom. The van der Waals surface area contributed by atoms with Gasteiger partial charge in [0, 0.05) is 0 Å². The number of ether oxygens (including phenoxy) is 1. The first-order chi connectivity index (χ1) is 11.3. The smallest absolute Gasteiger partial charge is 0.311 e. The number of carbonyl (C=O) groups excluding carboxylic acids is 2. The van der Waals surface area contributed by atoms with Crippen molar-refractivity contribution in [2.45, 2.75) is 19.4 Å². The number of carbonyl (C=O) groups is 2. The van der Waals surface area contributed by atoms with Crippen molar-refractivity contribution >= 4 is 29.2 Å². The lowest BCUT2D eigenvalue weighted by Crippen LogP contribution is -2.30. The van der Waals surface area contributed by atoms with E-state index in [1.165, 1.54) is 31.2 Å². The lowest BCUT2D eigenvalue weighted by atomic mass is 10.1. The number of halogens is 3. The van der Waals surface area contributed by atoms with E-state index in [-0.39, 0.29) is 17.1 Å². The lowest BCUT2D eigenvalue weighted by molar-refractivity contribution is -0.152. The Morgan fingerprint density at radius 3 is 2.54 bits per heavy atom. The Labute approximate surface area is 142 Å². The van der Waals surface area contributed by atoms with Gasteiger partial charge in [-0.05, 0) is 42.8 Å². The number of anilines is 1. The summed E-state index contributed by atoms with van der Waals surface area (Å²) < 4.78 is 31.0. The minimum absolute atomic E-state index is 0.0293. The predicted molar refractivity (Wildman–Crippen MR) is 85.7 cm³/mol. The first-order valence-electron chi connectivity index (χ1n) is 7.05. The van der Waals surface area contributed by atoms with Crippen LogP contribution in [0.2, 0.25) is 5.02 Å². The number of nitrogens with one attached hydrogen (secondary N) is 1. The standard InChI is InChI=1S/C17H14ClF2NO3/c1-10(17(23)21-15-6-5-13(20)9-14(15)18)24-16(22)8-11-3-2-4-12(19)7-11/h2-7,9-10H,8H2,1H3,(H,21,23)/t10-/m1/s1. The molecule has 1 amide bonds. The van der Waals surface area contributed by atoms with Crippen LogP contribution < -0.4 is 5.32 Å². The minimum Gasteiger partial charge on any atom is -0.452 e. The Bertz CT molecular complexity index is 767. The van der Waals surface area contributed by atoms with Crippen molar-refractivity contribution in [1.29, 1.82) is 0 Å². The lowest BCUT2D eigenvalue weighted by Gasteiger charge is -2.14. The molecule has 0 aliphatic rings. The van der Waals surface area contributed by atoms with E-state index in [4.69, 9.17) is 16.3 Å². The first-order valence-corrected chi connectivity index (χ1v) is 7.43. The molecule has 0 aliphatic carbocycles. The highest BCUT2D eigenvalue weighted by Crippen LogP contribution is 2.22. The zero-order valence-electron chi connectivity index (χ0n) is 12.7. The molecule has 0 fully saturated rings. The van der Waals surface area contributed by atoms with E-state index in [9.17, 15) is 18.4 Å². The summed E-state index contributed by atoms with van der Waals surface area (Å²) in [5.74, 6) is -2.28. The van der Waals surface area contributed by atoms with Gasteiger partial charge in [0.15, 0.2) is 6.10 Å². The minimum atomic E-state index is -1.09. The molecule has 24 heavy (non-hydrogen) atoms. The summed E-state index contributed by atoms with van der Waals surface area (Å²) in [7, 11) is 0. The van der Waals surface area contributed by atoms with E-state index in [1.807, 2.05) is 0 Å². The van der Waals surface area contributed by atoms with Crippen LogP contribution in [0.3, 0.4) is 0 Å². The normalized spacial score (nSPS) is 11.7. The van der Waals surface area contributed by atoms with Crippen molar-refractivity contribution in [3.8, 4) is 0 Å². The van der Waals surface area contributed by atoms with Gasteiger partial charge in [-0.15, -0.1) is 0 Å². The fourth-order valence-corrected chi connectivity index (χ4v) is 2.15. The average molecular weight is 354 g/mol. The Morgan fingerprint density at radius 2 is 1.88 bits per heavy atom. The number of hydrogen-bond acceptors (Lipinski definition) is 3. The molecule has 0 spiro atoms. The van der Waals surface area contributed by atoms with Gasteiger partial charge in [-0.25, -0.2) is 8.78 Å². The topological polar surface area (TPSA) is 55.4 Å². The van der Waals surface area contributed by atoms with E-state index in [0.29, 0.717) is 5.56 Å². The van der Waals surface area contributed by atoms with Gasteiger partial charge in [0.1, 0.15) is 11.6 Å². The van der Waals surface area contributed by atoms with Crippen molar-refractivity contribution < 1.29 is 23.1 Å². The molecule has 2 rings (SSSR count). The van der Waals surface area contributed by atoms with Gasteiger partial charge in [-0.2, -0.15) is 0 Å².